The number of rotatable bonds is 2. The van der Waals surface area contributed by atoms with E-state index in [1.807, 2.05) is 0 Å². The summed E-state index contributed by atoms with van der Waals surface area (Å²) in [5.41, 5.74) is -0.960. The van der Waals surface area contributed by atoms with Gasteiger partial charge in [0.15, 0.2) is 11.0 Å². The lowest BCUT2D eigenvalue weighted by Crippen LogP contribution is -2.23. The summed E-state index contributed by atoms with van der Waals surface area (Å²) in [5.74, 6) is -1.07. The van der Waals surface area contributed by atoms with Gasteiger partial charge in [0.25, 0.3) is 5.56 Å². The van der Waals surface area contributed by atoms with Crippen molar-refractivity contribution in [3.63, 3.8) is 0 Å². The SMILES string of the molecule is O=c1[nH]c(=S)n([C@@H]2O[C@H](CO)CC2F)cc1F. The van der Waals surface area contributed by atoms with E-state index in [1.165, 1.54) is 0 Å². The molecule has 0 amide bonds. The third kappa shape index (κ3) is 2.28. The Bertz CT molecular complexity index is 530. The van der Waals surface area contributed by atoms with E-state index in [0.717, 1.165) is 10.8 Å². The van der Waals surface area contributed by atoms with Crippen LogP contribution in [0.25, 0.3) is 0 Å². The molecule has 1 aliphatic rings. The van der Waals surface area contributed by atoms with Gasteiger partial charge in [0, 0.05) is 6.42 Å². The number of alkyl halides is 1. The fourth-order valence-corrected chi connectivity index (χ4v) is 1.96. The Morgan fingerprint density at radius 3 is 3.00 bits per heavy atom. The average Bonchev–Trinajstić information content (AvgIpc) is 2.65. The second-order valence-corrected chi connectivity index (χ2v) is 4.11. The highest BCUT2D eigenvalue weighted by molar-refractivity contribution is 7.71. The number of nitrogens with one attached hydrogen (secondary N) is 1. The molecule has 1 aromatic heterocycles. The number of halogens is 2. The summed E-state index contributed by atoms with van der Waals surface area (Å²) in [5, 5.41) is 8.86. The standard InChI is InChI=1S/C9H10F2N2O3S/c10-5-1-4(3-14)16-8(5)13-2-6(11)7(15)12-9(13)17/h2,4-5,8,14H,1,3H2,(H,12,15,17)/t4-,5?,8+/m0/s1. The quantitative estimate of drug-likeness (QED) is 0.770. The third-order valence-electron chi connectivity index (χ3n) is 2.53. The van der Waals surface area contributed by atoms with Gasteiger partial charge in [-0.15, -0.1) is 0 Å². The maximum absolute atomic E-state index is 13.6. The highest BCUT2D eigenvalue weighted by Gasteiger charge is 2.36. The molecule has 0 radical (unpaired) electrons. The summed E-state index contributed by atoms with van der Waals surface area (Å²) in [6.07, 6.45) is -2.37. The molecule has 0 bridgehead atoms. The van der Waals surface area contributed by atoms with Crippen molar-refractivity contribution in [2.75, 3.05) is 6.61 Å². The lowest BCUT2D eigenvalue weighted by molar-refractivity contribution is -0.0389. The Kier molecular flexibility index (Phi) is 3.36. The molecule has 0 saturated carbocycles. The zero-order chi connectivity index (χ0) is 12.6. The number of nitrogens with zero attached hydrogens (tertiary/aromatic N) is 1. The van der Waals surface area contributed by atoms with E-state index >= 15 is 0 Å². The summed E-state index contributed by atoms with van der Waals surface area (Å²) in [6, 6.07) is 0. The summed E-state index contributed by atoms with van der Waals surface area (Å²) >= 11 is 4.80. The van der Waals surface area contributed by atoms with Crippen LogP contribution in [0, 0.1) is 10.6 Å². The van der Waals surface area contributed by atoms with E-state index in [4.69, 9.17) is 22.1 Å². The molecule has 2 heterocycles. The molecule has 0 spiro atoms. The highest BCUT2D eigenvalue weighted by Crippen LogP contribution is 2.30. The molecule has 0 aromatic carbocycles. The molecule has 1 aliphatic heterocycles. The molecule has 8 heteroatoms. The van der Waals surface area contributed by atoms with Gasteiger partial charge >= 0.3 is 0 Å². The summed E-state index contributed by atoms with van der Waals surface area (Å²) in [4.78, 5) is 13.0. The van der Waals surface area contributed by atoms with Crippen molar-refractivity contribution in [3.05, 3.63) is 27.1 Å². The number of ether oxygens (including phenoxy) is 1. The maximum Gasteiger partial charge on any atom is 0.287 e. The lowest BCUT2D eigenvalue weighted by Gasteiger charge is -2.16. The van der Waals surface area contributed by atoms with Crippen LogP contribution >= 0.6 is 12.2 Å². The Morgan fingerprint density at radius 2 is 2.41 bits per heavy atom. The first kappa shape index (κ1) is 12.3. The summed E-state index contributed by atoms with van der Waals surface area (Å²) < 4.78 is 32.7. The van der Waals surface area contributed by atoms with Crippen LogP contribution in [0.2, 0.25) is 0 Å². The van der Waals surface area contributed by atoms with Crippen molar-refractivity contribution in [2.45, 2.75) is 24.9 Å². The minimum Gasteiger partial charge on any atom is -0.394 e. The van der Waals surface area contributed by atoms with Crippen LogP contribution in [0.15, 0.2) is 11.0 Å². The maximum atomic E-state index is 13.6. The summed E-state index contributed by atoms with van der Waals surface area (Å²) in [6.45, 7) is -0.323. The van der Waals surface area contributed by atoms with Gasteiger partial charge in [-0.1, -0.05) is 0 Å². The van der Waals surface area contributed by atoms with Crippen LogP contribution < -0.4 is 5.56 Å². The molecule has 2 N–H and O–H groups in total. The van der Waals surface area contributed by atoms with Gasteiger partial charge < -0.3 is 9.84 Å². The van der Waals surface area contributed by atoms with Crippen molar-refractivity contribution in [3.8, 4) is 0 Å². The fourth-order valence-electron chi connectivity index (χ4n) is 1.71. The number of hydrogen-bond donors (Lipinski definition) is 2. The first-order valence-corrected chi connectivity index (χ1v) is 5.35. The van der Waals surface area contributed by atoms with Crippen molar-refractivity contribution in [1.82, 2.24) is 9.55 Å². The average molecular weight is 264 g/mol. The highest BCUT2D eigenvalue weighted by atomic mass is 32.1. The summed E-state index contributed by atoms with van der Waals surface area (Å²) in [7, 11) is 0. The van der Waals surface area contributed by atoms with Crippen LogP contribution in [0.3, 0.4) is 0 Å². The van der Waals surface area contributed by atoms with E-state index in [2.05, 4.69) is 4.98 Å². The molecule has 1 fully saturated rings. The Hall–Kier alpha value is -1.12. The van der Waals surface area contributed by atoms with Gasteiger partial charge in [-0.2, -0.15) is 4.39 Å². The van der Waals surface area contributed by atoms with Gasteiger partial charge in [0.2, 0.25) is 5.82 Å². The minimum atomic E-state index is -1.41. The number of H-pyrrole nitrogens is 1. The molecule has 3 atom stereocenters. The van der Waals surface area contributed by atoms with Crippen LogP contribution in [0.1, 0.15) is 12.6 Å². The Morgan fingerprint density at radius 1 is 1.71 bits per heavy atom. The molecule has 17 heavy (non-hydrogen) atoms. The van der Waals surface area contributed by atoms with Crippen molar-refractivity contribution >= 4 is 12.2 Å². The third-order valence-corrected chi connectivity index (χ3v) is 2.84. The van der Waals surface area contributed by atoms with Gasteiger partial charge in [-0.05, 0) is 12.2 Å². The monoisotopic (exact) mass is 264 g/mol. The van der Waals surface area contributed by atoms with Crippen molar-refractivity contribution in [2.24, 2.45) is 0 Å². The molecular formula is C9H10F2N2O3S. The normalized spacial score (nSPS) is 28.5. The number of aliphatic hydroxyl groups excluding tert-OH is 1. The number of aromatic amines is 1. The number of aliphatic hydroxyl groups is 1. The minimum absolute atomic E-state index is 0.00366. The van der Waals surface area contributed by atoms with E-state index in [1.54, 1.807) is 0 Å². The second kappa shape index (κ2) is 4.63. The molecule has 1 aromatic rings. The van der Waals surface area contributed by atoms with E-state index in [0.29, 0.717) is 0 Å². The second-order valence-electron chi connectivity index (χ2n) is 3.73. The predicted molar refractivity (Wildman–Crippen MR) is 56.4 cm³/mol. The van der Waals surface area contributed by atoms with Gasteiger partial charge in [0.1, 0.15) is 6.17 Å². The molecule has 2 rings (SSSR count). The largest absolute Gasteiger partial charge is 0.394 e. The lowest BCUT2D eigenvalue weighted by atomic mass is 10.2. The first-order chi connectivity index (χ1) is 8.02. The van der Waals surface area contributed by atoms with Crippen LogP contribution in [-0.4, -0.2) is 33.5 Å². The van der Waals surface area contributed by atoms with E-state index in [9.17, 15) is 13.6 Å². The Balaban J connectivity index is 2.38. The van der Waals surface area contributed by atoms with Crippen LogP contribution in [-0.2, 0) is 4.74 Å². The topological polar surface area (TPSA) is 67.2 Å². The van der Waals surface area contributed by atoms with Crippen LogP contribution in [0.5, 0.6) is 0 Å². The van der Waals surface area contributed by atoms with E-state index < -0.39 is 29.9 Å². The molecule has 94 valence electrons. The van der Waals surface area contributed by atoms with Gasteiger partial charge in [0.05, 0.1) is 18.9 Å². The zero-order valence-corrected chi connectivity index (χ0v) is 9.42. The fraction of sp³-hybridized carbons (Fsp3) is 0.556. The van der Waals surface area contributed by atoms with Crippen molar-refractivity contribution < 1.29 is 18.6 Å². The molecule has 5 nitrogen and oxygen atoms in total. The molecular weight excluding hydrogens is 254 g/mol. The van der Waals surface area contributed by atoms with Crippen LogP contribution in [0.4, 0.5) is 8.78 Å². The number of hydrogen-bond acceptors (Lipinski definition) is 4. The molecule has 1 saturated heterocycles. The van der Waals surface area contributed by atoms with Crippen molar-refractivity contribution in [1.29, 1.82) is 0 Å². The van der Waals surface area contributed by atoms with Gasteiger partial charge in [-0.3, -0.25) is 14.3 Å². The number of aromatic nitrogens is 2. The molecule has 1 unspecified atom stereocenters. The van der Waals surface area contributed by atoms with E-state index in [-0.39, 0.29) is 17.8 Å². The smallest absolute Gasteiger partial charge is 0.287 e. The van der Waals surface area contributed by atoms with Gasteiger partial charge in [-0.25, -0.2) is 4.39 Å². The molecule has 0 aliphatic carbocycles. The predicted octanol–water partition coefficient (Wildman–Crippen LogP) is 0.663. The first-order valence-electron chi connectivity index (χ1n) is 4.94. The zero-order valence-electron chi connectivity index (χ0n) is 8.60. The Labute approximate surface area is 99.7 Å².